The lowest BCUT2D eigenvalue weighted by molar-refractivity contribution is -0.114. The number of rotatable bonds is 5. The lowest BCUT2D eigenvalue weighted by Gasteiger charge is -2.24. The number of methoxy groups -OCH3 is 1. The first-order valence-corrected chi connectivity index (χ1v) is 9.89. The van der Waals surface area contributed by atoms with Crippen LogP contribution in [0.5, 0.6) is 5.75 Å². The van der Waals surface area contributed by atoms with E-state index in [0.29, 0.717) is 12.2 Å². The average molecular weight is 374 g/mol. The van der Waals surface area contributed by atoms with Crippen LogP contribution in [0.1, 0.15) is 31.4 Å². The zero-order valence-electron chi connectivity index (χ0n) is 14.8. The minimum Gasteiger partial charge on any atom is -0.497 e. The van der Waals surface area contributed by atoms with Crippen LogP contribution in [0.15, 0.2) is 53.4 Å². The van der Waals surface area contributed by atoms with Crippen molar-refractivity contribution < 1.29 is 17.9 Å². The second-order valence-electron chi connectivity index (χ2n) is 6.25. The summed E-state index contributed by atoms with van der Waals surface area (Å²) in [5.41, 5.74) is 1.53. The van der Waals surface area contributed by atoms with E-state index >= 15 is 0 Å². The number of hydrogen-bond acceptors (Lipinski definition) is 4. The van der Waals surface area contributed by atoms with Crippen molar-refractivity contribution >= 4 is 21.6 Å². The first-order valence-electron chi connectivity index (χ1n) is 8.45. The summed E-state index contributed by atoms with van der Waals surface area (Å²) in [7, 11) is -2.00. The van der Waals surface area contributed by atoms with Crippen molar-refractivity contribution in [2.24, 2.45) is 0 Å². The number of nitrogens with zero attached hydrogens (tertiary/aromatic N) is 1. The number of carbonyl (C=O) groups excluding carboxylic acids is 1. The van der Waals surface area contributed by atoms with E-state index in [1.54, 1.807) is 23.5 Å². The topological polar surface area (TPSA) is 75.7 Å². The smallest absolute Gasteiger partial charge is 0.243 e. The molecule has 3 rings (SSSR count). The maximum Gasteiger partial charge on any atom is 0.243 e. The Morgan fingerprint density at radius 3 is 2.35 bits per heavy atom. The summed E-state index contributed by atoms with van der Waals surface area (Å²) in [5.74, 6) is 0.550. The van der Waals surface area contributed by atoms with Gasteiger partial charge in [-0.15, -0.1) is 0 Å². The van der Waals surface area contributed by atoms with E-state index in [4.69, 9.17) is 4.74 Å². The largest absolute Gasteiger partial charge is 0.497 e. The molecule has 0 saturated carbocycles. The molecule has 6 nitrogen and oxygen atoms in total. The molecule has 0 aromatic heterocycles. The molecule has 1 heterocycles. The summed E-state index contributed by atoms with van der Waals surface area (Å²) < 4.78 is 32.9. The average Bonchev–Trinajstić information content (AvgIpc) is 3.12. The number of nitrogens with one attached hydrogen (secondary N) is 1. The van der Waals surface area contributed by atoms with E-state index in [-0.39, 0.29) is 16.8 Å². The van der Waals surface area contributed by atoms with Gasteiger partial charge in [-0.05, 0) is 54.8 Å². The molecule has 0 bridgehead atoms. The van der Waals surface area contributed by atoms with E-state index in [2.05, 4.69) is 5.32 Å². The van der Waals surface area contributed by atoms with E-state index in [1.807, 2.05) is 24.3 Å². The number of anilines is 1. The third-order valence-electron chi connectivity index (χ3n) is 4.49. The zero-order chi connectivity index (χ0) is 18.7. The minimum absolute atomic E-state index is 0.180. The summed E-state index contributed by atoms with van der Waals surface area (Å²) >= 11 is 0. The van der Waals surface area contributed by atoms with Gasteiger partial charge < -0.3 is 10.1 Å². The summed E-state index contributed by atoms with van der Waals surface area (Å²) in [6, 6.07) is 13.6. The van der Waals surface area contributed by atoms with Crippen LogP contribution in [0.25, 0.3) is 0 Å². The Bertz CT molecular complexity index is 877. The molecule has 1 fully saturated rings. The summed E-state index contributed by atoms with van der Waals surface area (Å²) in [5, 5.41) is 2.64. The van der Waals surface area contributed by atoms with Gasteiger partial charge in [0.15, 0.2) is 0 Å². The normalized spacial score (nSPS) is 17.8. The maximum absolute atomic E-state index is 13.1. The van der Waals surface area contributed by atoms with E-state index < -0.39 is 10.0 Å². The van der Waals surface area contributed by atoms with Gasteiger partial charge in [-0.25, -0.2) is 8.42 Å². The summed E-state index contributed by atoms with van der Waals surface area (Å²) in [6.45, 7) is 1.90. The molecule has 1 N–H and O–H groups in total. The molecule has 0 aliphatic carbocycles. The number of benzene rings is 2. The maximum atomic E-state index is 13.1. The van der Waals surface area contributed by atoms with Crippen LogP contribution in [0.4, 0.5) is 5.69 Å². The predicted octanol–water partition coefficient (Wildman–Crippen LogP) is 3.18. The quantitative estimate of drug-likeness (QED) is 0.872. The summed E-state index contributed by atoms with van der Waals surface area (Å²) in [6.07, 6.45) is 1.61. The molecule has 1 saturated heterocycles. The van der Waals surface area contributed by atoms with E-state index in [9.17, 15) is 13.2 Å². The fourth-order valence-corrected chi connectivity index (χ4v) is 4.92. The molecule has 1 amide bonds. The van der Waals surface area contributed by atoms with Crippen LogP contribution >= 0.6 is 0 Å². The Hall–Kier alpha value is -2.38. The van der Waals surface area contributed by atoms with Gasteiger partial charge in [-0.1, -0.05) is 12.1 Å². The number of ether oxygens (including phenoxy) is 1. The monoisotopic (exact) mass is 374 g/mol. The second kappa shape index (κ2) is 7.47. The molecule has 1 aliphatic rings. The first-order chi connectivity index (χ1) is 12.4. The molecule has 26 heavy (non-hydrogen) atoms. The Kier molecular flexibility index (Phi) is 5.29. The molecule has 0 radical (unpaired) electrons. The van der Waals surface area contributed by atoms with Gasteiger partial charge in [0.05, 0.1) is 18.0 Å². The minimum atomic E-state index is -3.61. The molecular formula is C19H22N2O4S. The molecule has 138 valence electrons. The standard InChI is InChI=1S/C19H22N2O4S/c1-14(22)20-16-7-11-18(12-8-16)26(23,24)21-13-3-4-19(21)15-5-9-17(25-2)10-6-15/h5-12,19H,3-4,13H2,1-2H3,(H,20,22)/t19-/m1/s1. The van der Waals surface area contributed by atoms with Gasteiger partial charge in [-0.3, -0.25) is 4.79 Å². The molecule has 2 aromatic rings. The molecule has 2 aromatic carbocycles. The molecule has 1 aliphatic heterocycles. The van der Waals surface area contributed by atoms with Crippen molar-refractivity contribution in [2.75, 3.05) is 19.0 Å². The van der Waals surface area contributed by atoms with Crippen LogP contribution in [0.3, 0.4) is 0 Å². The Labute approximate surface area is 153 Å². The number of sulfonamides is 1. The van der Waals surface area contributed by atoms with Crippen molar-refractivity contribution in [2.45, 2.75) is 30.7 Å². The Morgan fingerprint density at radius 1 is 1.12 bits per heavy atom. The van der Waals surface area contributed by atoms with Crippen molar-refractivity contribution in [1.29, 1.82) is 0 Å². The van der Waals surface area contributed by atoms with Gasteiger partial charge in [0, 0.05) is 19.2 Å². The Morgan fingerprint density at radius 2 is 1.77 bits per heavy atom. The van der Waals surface area contributed by atoms with Gasteiger partial charge >= 0.3 is 0 Å². The highest BCUT2D eigenvalue weighted by Crippen LogP contribution is 2.37. The van der Waals surface area contributed by atoms with Crippen LogP contribution < -0.4 is 10.1 Å². The van der Waals surface area contributed by atoms with Gasteiger partial charge in [0.25, 0.3) is 0 Å². The van der Waals surface area contributed by atoms with Crippen LogP contribution in [0, 0.1) is 0 Å². The van der Waals surface area contributed by atoms with Gasteiger partial charge in [-0.2, -0.15) is 4.31 Å². The molecule has 1 atom stereocenters. The number of hydrogen-bond donors (Lipinski definition) is 1. The fraction of sp³-hybridized carbons (Fsp3) is 0.316. The molecule has 0 unspecified atom stereocenters. The number of carbonyl (C=O) groups is 1. The van der Waals surface area contributed by atoms with Crippen LogP contribution in [0.2, 0.25) is 0 Å². The molecule has 0 spiro atoms. The van der Waals surface area contributed by atoms with E-state index in [0.717, 1.165) is 24.2 Å². The highest BCUT2D eigenvalue weighted by atomic mass is 32.2. The Balaban J connectivity index is 1.86. The SMILES string of the molecule is COc1ccc([C@H]2CCCN2S(=O)(=O)c2ccc(NC(C)=O)cc2)cc1. The van der Waals surface area contributed by atoms with Crippen molar-refractivity contribution in [1.82, 2.24) is 4.31 Å². The van der Waals surface area contributed by atoms with Crippen molar-refractivity contribution in [3.8, 4) is 5.75 Å². The second-order valence-corrected chi connectivity index (χ2v) is 8.14. The fourth-order valence-electron chi connectivity index (χ4n) is 3.24. The molecular weight excluding hydrogens is 352 g/mol. The zero-order valence-corrected chi connectivity index (χ0v) is 15.6. The van der Waals surface area contributed by atoms with Gasteiger partial charge in [0.2, 0.25) is 15.9 Å². The summed E-state index contributed by atoms with van der Waals surface area (Å²) in [4.78, 5) is 11.3. The number of amides is 1. The van der Waals surface area contributed by atoms with Crippen molar-refractivity contribution in [3.05, 3.63) is 54.1 Å². The van der Waals surface area contributed by atoms with Crippen LogP contribution in [-0.4, -0.2) is 32.3 Å². The third kappa shape index (κ3) is 3.73. The molecule has 7 heteroatoms. The lowest BCUT2D eigenvalue weighted by Crippen LogP contribution is -2.30. The first kappa shape index (κ1) is 18.4. The van der Waals surface area contributed by atoms with Crippen LogP contribution in [-0.2, 0) is 14.8 Å². The van der Waals surface area contributed by atoms with E-state index in [1.165, 1.54) is 19.1 Å². The predicted molar refractivity (Wildman–Crippen MR) is 99.6 cm³/mol. The highest BCUT2D eigenvalue weighted by molar-refractivity contribution is 7.89. The lowest BCUT2D eigenvalue weighted by atomic mass is 10.1. The van der Waals surface area contributed by atoms with Crippen molar-refractivity contribution in [3.63, 3.8) is 0 Å². The third-order valence-corrected chi connectivity index (χ3v) is 6.41. The van der Waals surface area contributed by atoms with Gasteiger partial charge in [0.1, 0.15) is 5.75 Å². The highest BCUT2D eigenvalue weighted by Gasteiger charge is 2.36.